The van der Waals surface area contributed by atoms with E-state index in [0.29, 0.717) is 55.3 Å². The van der Waals surface area contributed by atoms with Gasteiger partial charge in [-0.05, 0) is 49.2 Å². The molecule has 202 valence electrons. The number of ether oxygens (including phenoxy) is 1. The van der Waals surface area contributed by atoms with Crippen molar-refractivity contribution in [3.63, 3.8) is 0 Å². The summed E-state index contributed by atoms with van der Waals surface area (Å²) in [7, 11) is 0. The SMILES string of the molecule is CC(=O)N1CCN(c2nc(-c3ccc(NC(=O)Nc4ccncc4)cc3)nc(N3CC4CCC(C3)O4)n2)CC1. The minimum atomic E-state index is -0.342. The van der Waals surface area contributed by atoms with E-state index in [-0.39, 0.29) is 24.1 Å². The number of amides is 3. The maximum atomic E-state index is 12.4. The predicted molar refractivity (Wildman–Crippen MR) is 147 cm³/mol. The van der Waals surface area contributed by atoms with Crippen LogP contribution in [0.3, 0.4) is 0 Å². The number of urea groups is 1. The molecule has 3 saturated heterocycles. The number of fused-ring (bicyclic) bond motifs is 2. The summed E-state index contributed by atoms with van der Waals surface area (Å²) in [5.41, 5.74) is 2.12. The molecule has 2 bridgehead atoms. The normalized spacial score (nSPS) is 20.6. The fourth-order valence-electron chi connectivity index (χ4n) is 5.20. The first-order valence-corrected chi connectivity index (χ1v) is 13.3. The van der Waals surface area contributed by atoms with Crippen LogP contribution in [0.5, 0.6) is 0 Å². The van der Waals surface area contributed by atoms with Gasteiger partial charge in [-0.1, -0.05) is 0 Å². The smallest absolute Gasteiger partial charge is 0.323 e. The highest BCUT2D eigenvalue weighted by Gasteiger charge is 2.35. The van der Waals surface area contributed by atoms with Crippen LogP contribution in [0.15, 0.2) is 48.8 Å². The van der Waals surface area contributed by atoms with Crippen LogP contribution in [-0.4, -0.2) is 88.3 Å². The van der Waals surface area contributed by atoms with Gasteiger partial charge in [0, 0.05) is 75.5 Å². The number of nitrogens with zero attached hydrogens (tertiary/aromatic N) is 7. The van der Waals surface area contributed by atoms with Crippen molar-refractivity contribution in [3.05, 3.63) is 48.8 Å². The Labute approximate surface area is 226 Å². The zero-order valence-electron chi connectivity index (χ0n) is 21.8. The van der Waals surface area contributed by atoms with Crippen molar-refractivity contribution in [1.29, 1.82) is 0 Å². The largest absolute Gasteiger partial charge is 0.371 e. The first kappa shape index (κ1) is 25.0. The molecular formula is C27H31N9O3. The topological polar surface area (TPSA) is 129 Å². The first-order valence-electron chi connectivity index (χ1n) is 13.3. The van der Waals surface area contributed by atoms with Crippen molar-refractivity contribution in [2.75, 3.05) is 59.7 Å². The van der Waals surface area contributed by atoms with Crippen LogP contribution in [0.1, 0.15) is 19.8 Å². The van der Waals surface area contributed by atoms with E-state index in [1.807, 2.05) is 29.2 Å². The van der Waals surface area contributed by atoms with Gasteiger partial charge in [-0.15, -0.1) is 0 Å². The Bertz CT molecular complexity index is 1320. The Morgan fingerprint density at radius 2 is 1.38 bits per heavy atom. The summed E-state index contributed by atoms with van der Waals surface area (Å²) in [6.07, 6.45) is 5.76. The molecule has 3 aliphatic rings. The van der Waals surface area contributed by atoms with E-state index in [2.05, 4.69) is 25.4 Å². The van der Waals surface area contributed by atoms with Crippen LogP contribution < -0.4 is 20.4 Å². The molecule has 1 aromatic carbocycles. The molecule has 0 aliphatic carbocycles. The molecule has 6 rings (SSSR count). The van der Waals surface area contributed by atoms with E-state index in [1.165, 1.54) is 0 Å². The molecule has 5 heterocycles. The Morgan fingerprint density at radius 1 is 0.795 bits per heavy atom. The standard InChI is InChI=1S/C27H31N9O3/c1-18(37)34-12-14-35(15-13-34)25-31-24(32-26(33-25)36-16-22-6-7-23(17-36)39-22)19-2-4-20(5-3-19)29-27(38)30-21-8-10-28-11-9-21/h2-5,8-11,22-23H,6-7,12-17H2,1H3,(H2,28,29,30,38). The van der Waals surface area contributed by atoms with Crippen molar-refractivity contribution >= 4 is 35.2 Å². The predicted octanol–water partition coefficient (Wildman–Crippen LogP) is 2.61. The third-order valence-corrected chi connectivity index (χ3v) is 7.29. The summed E-state index contributed by atoms with van der Waals surface area (Å²) in [6.45, 7) is 5.70. The van der Waals surface area contributed by atoms with Gasteiger partial charge in [0.1, 0.15) is 0 Å². The van der Waals surface area contributed by atoms with E-state index in [4.69, 9.17) is 19.7 Å². The molecule has 3 fully saturated rings. The third-order valence-electron chi connectivity index (χ3n) is 7.29. The van der Waals surface area contributed by atoms with Crippen LogP contribution in [0.2, 0.25) is 0 Å². The number of hydrogen-bond donors (Lipinski definition) is 2. The Balaban J connectivity index is 1.23. The van der Waals surface area contributed by atoms with Crippen LogP contribution in [0, 0.1) is 0 Å². The average molecular weight is 530 g/mol. The fourth-order valence-corrected chi connectivity index (χ4v) is 5.20. The molecule has 39 heavy (non-hydrogen) atoms. The number of piperazine rings is 1. The van der Waals surface area contributed by atoms with E-state index < -0.39 is 0 Å². The van der Waals surface area contributed by atoms with Crippen LogP contribution >= 0.6 is 0 Å². The van der Waals surface area contributed by atoms with E-state index in [1.54, 1.807) is 31.5 Å². The van der Waals surface area contributed by atoms with Gasteiger partial charge in [-0.3, -0.25) is 9.78 Å². The molecular weight excluding hydrogens is 498 g/mol. The van der Waals surface area contributed by atoms with Crippen molar-refractivity contribution < 1.29 is 14.3 Å². The zero-order valence-corrected chi connectivity index (χ0v) is 21.8. The fraction of sp³-hybridized carbons (Fsp3) is 0.407. The van der Waals surface area contributed by atoms with Gasteiger partial charge >= 0.3 is 6.03 Å². The van der Waals surface area contributed by atoms with Gasteiger partial charge in [0.2, 0.25) is 17.8 Å². The summed E-state index contributed by atoms with van der Waals surface area (Å²) in [5, 5.41) is 5.62. The van der Waals surface area contributed by atoms with Crippen molar-refractivity contribution in [2.45, 2.75) is 32.0 Å². The maximum Gasteiger partial charge on any atom is 0.323 e. The number of carbonyl (C=O) groups is 2. The highest BCUT2D eigenvalue weighted by atomic mass is 16.5. The summed E-state index contributed by atoms with van der Waals surface area (Å²) >= 11 is 0. The zero-order chi connectivity index (χ0) is 26.8. The average Bonchev–Trinajstić information content (AvgIpc) is 3.30. The lowest BCUT2D eigenvalue weighted by molar-refractivity contribution is -0.129. The second-order valence-electron chi connectivity index (χ2n) is 10.0. The third kappa shape index (κ3) is 5.75. The number of morpholine rings is 1. The number of rotatable bonds is 5. The second-order valence-corrected chi connectivity index (χ2v) is 10.0. The van der Waals surface area contributed by atoms with Crippen molar-refractivity contribution in [1.82, 2.24) is 24.8 Å². The molecule has 2 N–H and O–H groups in total. The van der Waals surface area contributed by atoms with Crippen molar-refractivity contribution in [3.8, 4) is 11.4 Å². The summed E-state index contributed by atoms with van der Waals surface area (Å²) in [6, 6.07) is 10.5. The molecule has 0 spiro atoms. The highest BCUT2D eigenvalue weighted by molar-refractivity contribution is 5.99. The number of hydrogen-bond acceptors (Lipinski definition) is 9. The number of anilines is 4. The van der Waals surface area contributed by atoms with Gasteiger partial charge in [0.15, 0.2) is 5.82 Å². The molecule has 2 aromatic heterocycles. The maximum absolute atomic E-state index is 12.4. The summed E-state index contributed by atoms with van der Waals surface area (Å²) < 4.78 is 6.02. The van der Waals surface area contributed by atoms with E-state index >= 15 is 0 Å². The number of benzene rings is 1. The number of aromatic nitrogens is 4. The van der Waals surface area contributed by atoms with Gasteiger partial charge in [0.25, 0.3) is 0 Å². The van der Waals surface area contributed by atoms with Crippen molar-refractivity contribution in [2.24, 2.45) is 0 Å². The molecule has 3 aliphatic heterocycles. The van der Waals surface area contributed by atoms with Gasteiger partial charge in [-0.25, -0.2) is 4.79 Å². The number of nitrogens with one attached hydrogen (secondary N) is 2. The lowest BCUT2D eigenvalue weighted by atomic mass is 10.2. The Kier molecular flexibility index (Phi) is 6.93. The highest BCUT2D eigenvalue weighted by Crippen LogP contribution is 2.30. The Hall–Kier alpha value is -4.32. The van der Waals surface area contributed by atoms with Crippen LogP contribution in [-0.2, 0) is 9.53 Å². The molecule has 0 radical (unpaired) electrons. The van der Waals surface area contributed by atoms with Gasteiger partial charge in [-0.2, -0.15) is 15.0 Å². The minimum absolute atomic E-state index is 0.0821. The molecule has 3 aromatic rings. The minimum Gasteiger partial charge on any atom is -0.371 e. The Morgan fingerprint density at radius 3 is 2.00 bits per heavy atom. The van der Waals surface area contributed by atoms with Gasteiger partial charge < -0.3 is 30.1 Å². The number of pyridine rings is 1. The van der Waals surface area contributed by atoms with E-state index in [0.717, 1.165) is 31.5 Å². The monoisotopic (exact) mass is 529 g/mol. The molecule has 2 atom stereocenters. The summed E-state index contributed by atoms with van der Waals surface area (Å²) in [4.78, 5) is 48.9. The van der Waals surface area contributed by atoms with Crippen LogP contribution in [0.4, 0.5) is 28.1 Å². The molecule has 2 unspecified atom stereocenters. The first-order chi connectivity index (χ1) is 19.0. The summed E-state index contributed by atoms with van der Waals surface area (Å²) in [5.74, 6) is 1.90. The van der Waals surface area contributed by atoms with Crippen LogP contribution in [0.25, 0.3) is 11.4 Å². The molecule has 12 nitrogen and oxygen atoms in total. The molecule has 3 amide bonds. The lowest BCUT2D eigenvalue weighted by Crippen LogP contribution is -2.49. The molecule has 0 saturated carbocycles. The second kappa shape index (κ2) is 10.8. The number of carbonyl (C=O) groups excluding carboxylic acids is 2. The molecule has 12 heteroatoms. The van der Waals surface area contributed by atoms with E-state index in [9.17, 15) is 9.59 Å². The van der Waals surface area contributed by atoms with Gasteiger partial charge in [0.05, 0.1) is 12.2 Å². The lowest BCUT2D eigenvalue weighted by Gasteiger charge is -2.35. The quantitative estimate of drug-likeness (QED) is 0.512.